The van der Waals surface area contributed by atoms with Crippen LogP contribution in [0.2, 0.25) is 5.02 Å². The number of nitrogens with one attached hydrogen (secondary N) is 2. The van der Waals surface area contributed by atoms with E-state index in [-0.39, 0.29) is 5.91 Å². The van der Waals surface area contributed by atoms with Gasteiger partial charge in [0.25, 0.3) is 0 Å². The van der Waals surface area contributed by atoms with E-state index < -0.39 is 0 Å². The maximum absolute atomic E-state index is 11.8. The van der Waals surface area contributed by atoms with E-state index in [1.165, 1.54) is 6.08 Å². The number of benzene rings is 1. The Kier molecular flexibility index (Phi) is 5.17. The van der Waals surface area contributed by atoms with Gasteiger partial charge in [0.2, 0.25) is 5.91 Å². The van der Waals surface area contributed by atoms with E-state index in [0.29, 0.717) is 10.8 Å². The minimum atomic E-state index is -0.221. The molecule has 0 saturated heterocycles. The van der Waals surface area contributed by atoms with Crippen molar-refractivity contribution in [2.45, 2.75) is 26.7 Å². The topological polar surface area (TPSA) is 57.8 Å². The highest BCUT2D eigenvalue weighted by molar-refractivity contribution is 6.31. The number of hydrogen-bond acceptors (Lipinski definition) is 2. The molecule has 0 spiro atoms. The number of H-pyrrole nitrogens is 1. The second kappa shape index (κ2) is 7.09. The summed E-state index contributed by atoms with van der Waals surface area (Å²) in [6, 6.07) is 7.51. The zero-order valence-corrected chi connectivity index (χ0v) is 12.9. The number of aromatic nitrogens is 2. The number of hydrogen-bond donors (Lipinski definition) is 2. The van der Waals surface area contributed by atoms with Crippen LogP contribution in [0.1, 0.15) is 30.2 Å². The van der Waals surface area contributed by atoms with Crippen molar-refractivity contribution >= 4 is 29.4 Å². The molecule has 1 heterocycles. The molecule has 2 rings (SSSR count). The standard InChI is InChI=1S/C16H18ClN3O/c1-3-4-13-10-15(20-19-13)18-16(21)8-7-12-6-5-11(2)14(17)9-12/h5-10H,3-4H2,1-2H3,(H2,18,19,20,21)/b8-7+. The molecule has 0 bridgehead atoms. The molecule has 0 aliphatic rings. The Bertz CT molecular complexity index is 661. The van der Waals surface area contributed by atoms with Gasteiger partial charge in [-0.15, -0.1) is 0 Å². The SMILES string of the molecule is CCCc1cc(NC(=O)/C=C/c2ccc(C)c(Cl)c2)n[nH]1. The molecule has 1 amide bonds. The highest BCUT2D eigenvalue weighted by Gasteiger charge is 2.03. The fraction of sp³-hybridized carbons (Fsp3) is 0.250. The Morgan fingerprint density at radius 3 is 2.95 bits per heavy atom. The summed E-state index contributed by atoms with van der Waals surface area (Å²) in [4.78, 5) is 11.8. The number of aryl methyl sites for hydroxylation is 2. The van der Waals surface area contributed by atoms with Crippen LogP contribution in [0.5, 0.6) is 0 Å². The Morgan fingerprint density at radius 2 is 2.24 bits per heavy atom. The summed E-state index contributed by atoms with van der Waals surface area (Å²) in [5, 5.41) is 10.3. The van der Waals surface area contributed by atoms with Crippen LogP contribution in [0.15, 0.2) is 30.3 Å². The van der Waals surface area contributed by atoms with E-state index >= 15 is 0 Å². The van der Waals surface area contributed by atoms with E-state index in [1.807, 2.05) is 31.2 Å². The number of carbonyl (C=O) groups excluding carboxylic acids is 1. The summed E-state index contributed by atoms with van der Waals surface area (Å²) in [6.45, 7) is 4.03. The third kappa shape index (κ3) is 4.46. The fourth-order valence-electron chi connectivity index (χ4n) is 1.88. The molecule has 2 aromatic rings. The van der Waals surface area contributed by atoms with Crippen molar-refractivity contribution in [2.75, 3.05) is 5.32 Å². The third-order valence-corrected chi connectivity index (χ3v) is 3.43. The zero-order valence-electron chi connectivity index (χ0n) is 12.1. The van der Waals surface area contributed by atoms with Crippen LogP contribution in [-0.4, -0.2) is 16.1 Å². The molecule has 2 N–H and O–H groups in total. The summed E-state index contributed by atoms with van der Waals surface area (Å²) in [6.07, 6.45) is 5.14. The largest absolute Gasteiger partial charge is 0.306 e. The minimum Gasteiger partial charge on any atom is -0.306 e. The number of rotatable bonds is 5. The highest BCUT2D eigenvalue weighted by Crippen LogP contribution is 2.17. The van der Waals surface area contributed by atoms with Gasteiger partial charge in [0.05, 0.1) is 0 Å². The van der Waals surface area contributed by atoms with Crippen molar-refractivity contribution in [3.05, 3.63) is 52.2 Å². The Labute approximate surface area is 129 Å². The summed E-state index contributed by atoms with van der Waals surface area (Å²) in [7, 11) is 0. The molecule has 0 atom stereocenters. The van der Waals surface area contributed by atoms with Crippen molar-refractivity contribution in [3.8, 4) is 0 Å². The molecule has 110 valence electrons. The number of carbonyl (C=O) groups is 1. The quantitative estimate of drug-likeness (QED) is 0.821. The second-order valence-corrected chi connectivity index (χ2v) is 5.27. The predicted octanol–water partition coefficient (Wildman–Crippen LogP) is 3.98. The molecule has 0 saturated carbocycles. The van der Waals surface area contributed by atoms with Gasteiger partial charge >= 0.3 is 0 Å². The Balaban J connectivity index is 1.96. The first-order valence-electron chi connectivity index (χ1n) is 6.88. The van der Waals surface area contributed by atoms with Crippen molar-refractivity contribution in [2.24, 2.45) is 0 Å². The maximum atomic E-state index is 11.8. The van der Waals surface area contributed by atoms with Gasteiger partial charge in [-0.25, -0.2) is 0 Å². The fourth-order valence-corrected chi connectivity index (χ4v) is 2.06. The summed E-state index contributed by atoms with van der Waals surface area (Å²) in [5.74, 6) is 0.316. The molecule has 0 aliphatic carbocycles. The van der Waals surface area contributed by atoms with E-state index in [4.69, 9.17) is 11.6 Å². The van der Waals surface area contributed by atoms with Crippen molar-refractivity contribution in [1.29, 1.82) is 0 Å². The average Bonchev–Trinajstić information content (AvgIpc) is 2.88. The minimum absolute atomic E-state index is 0.221. The van der Waals surface area contributed by atoms with Gasteiger partial charge in [0.1, 0.15) is 0 Å². The number of amides is 1. The van der Waals surface area contributed by atoms with Gasteiger partial charge in [0, 0.05) is 22.9 Å². The molecule has 0 unspecified atom stereocenters. The van der Waals surface area contributed by atoms with Gasteiger partial charge in [-0.05, 0) is 36.6 Å². The predicted molar refractivity (Wildman–Crippen MR) is 86.4 cm³/mol. The first kappa shape index (κ1) is 15.3. The lowest BCUT2D eigenvalue weighted by atomic mass is 10.1. The van der Waals surface area contributed by atoms with Crippen LogP contribution in [0.3, 0.4) is 0 Å². The average molecular weight is 304 g/mol. The normalized spacial score (nSPS) is 11.0. The zero-order chi connectivity index (χ0) is 15.2. The van der Waals surface area contributed by atoms with Gasteiger partial charge in [-0.1, -0.05) is 37.1 Å². The Morgan fingerprint density at radius 1 is 1.43 bits per heavy atom. The number of anilines is 1. The second-order valence-electron chi connectivity index (χ2n) is 4.86. The van der Waals surface area contributed by atoms with Crippen LogP contribution in [0, 0.1) is 6.92 Å². The van der Waals surface area contributed by atoms with Crippen LogP contribution in [-0.2, 0) is 11.2 Å². The lowest BCUT2D eigenvalue weighted by Crippen LogP contribution is -2.07. The van der Waals surface area contributed by atoms with Crippen LogP contribution >= 0.6 is 11.6 Å². The van der Waals surface area contributed by atoms with Crippen LogP contribution < -0.4 is 5.32 Å². The van der Waals surface area contributed by atoms with E-state index in [2.05, 4.69) is 22.4 Å². The third-order valence-electron chi connectivity index (χ3n) is 3.02. The molecule has 1 aromatic heterocycles. The molecule has 0 radical (unpaired) electrons. The molecular weight excluding hydrogens is 286 g/mol. The number of nitrogens with zero attached hydrogens (tertiary/aromatic N) is 1. The van der Waals surface area contributed by atoms with Gasteiger partial charge in [-0.2, -0.15) is 5.10 Å². The highest BCUT2D eigenvalue weighted by atomic mass is 35.5. The summed E-state index contributed by atoms with van der Waals surface area (Å²) in [5.41, 5.74) is 2.91. The summed E-state index contributed by atoms with van der Waals surface area (Å²) < 4.78 is 0. The van der Waals surface area contributed by atoms with Crippen molar-refractivity contribution in [1.82, 2.24) is 10.2 Å². The van der Waals surface area contributed by atoms with Crippen molar-refractivity contribution in [3.63, 3.8) is 0 Å². The van der Waals surface area contributed by atoms with Crippen LogP contribution in [0.4, 0.5) is 5.82 Å². The lowest BCUT2D eigenvalue weighted by molar-refractivity contribution is -0.111. The van der Waals surface area contributed by atoms with E-state index in [9.17, 15) is 4.79 Å². The van der Waals surface area contributed by atoms with E-state index in [1.54, 1.807) is 6.08 Å². The molecule has 1 aromatic carbocycles. The molecule has 4 nitrogen and oxygen atoms in total. The first-order chi connectivity index (χ1) is 10.1. The van der Waals surface area contributed by atoms with Gasteiger partial charge in [0.15, 0.2) is 5.82 Å². The maximum Gasteiger partial charge on any atom is 0.249 e. The monoisotopic (exact) mass is 303 g/mol. The molecule has 5 heteroatoms. The smallest absolute Gasteiger partial charge is 0.249 e. The molecule has 21 heavy (non-hydrogen) atoms. The number of aromatic amines is 1. The first-order valence-corrected chi connectivity index (χ1v) is 7.26. The van der Waals surface area contributed by atoms with Crippen LogP contribution in [0.25, 0.3) is 6.08 Å². The lowest BCUT2D eigenvalue weighted by Gasteiger charge is -1.99. The van der Waals surface area contributed by atoms with Gasteiger partial charge in [-0.3, -0.25) is 9.89 Å². The molecular formula is C16H18ClN3O. The van der Waals surface area contributed by atoms with E-state index in [0.717, 1.165) is 29.7 Å². The summed E-state index contributed by atoms with van der Waals surface area (Å²) >= 11 is 6.04. The molecule has 0 aliphatic heterocycles. The number of halogens is 1. The van der Waals surface area contributed by atoms with Gasteiger partial charge < -0.3 is 5.32 Å². The Hall–Kier alpha value is -2.07. The van der Waals surface area contributed by atoms with Crippen molar-refractivity contribution < 1.29 is 4.79 Å². The molecule has 0 fully saturated rings.